The number of aromatic nitrogens is 2. The van der Waals surface area contributed by atoms with Gasteiger partial charge in [0.05, 0.1) is 6.20 Å². The van der Waals surface area contributed by atoms with E-state index >= 15 is 0 Å². The van der Waals surface area contributed by atoms with Gasteiger partial charge in [-0.2, -0.15) is 4.98 Å². The Morgan fingerprint density at radius 1 is 0.971 bits per heavy atom. The number of anilines is 5. The molecule has 1 aromatic heterocycles. The normalized spacial score (nSPS) is 15.1. The number of carbonyl (C=O) groups is 1. The van der Waals surface area contributed by atoms with Crippen molar-refractivity contribution in [1.29, 1.82) is 0 Å². The number of nitrogens with zero attached hydrogens (tertiary/aromatic N) is 4. The van der Waals surface area contributed by atoms with Crippen molar-refractivity contribution in [3.05, 3.63) is 54.5 Å². The number of rotatable bonds is 5. The topological polar surface area (TPSA) is 91.9 Å². The number of carbonyl (C=O) groups excluding carboxylic acids is 1. The maximum Gasteiger partial charge on any atom is 0.229 e. The van der Waals surface area contributed by atoms with Crippen LogP contribution < -0.4 is 25.0 Å². The second-order valence-corrected chi connectivity index (χ2v) is 8.04. The first-order chi connectivity index (χ1) is 16.5. The zero-order valence-corrected chi connectivity index (χ0v) is 18.8. The van der Waals surface area contributed by atoms with Crippen LogP contribution in [0.2, 0.25) is 0 Å². The van der Waals surface area contributed by atoms with Gasteiger partial charge in [-0.05, 0) is 30.3 Å². The Kier molecular flexibility index (Phi) is 6.03. The third-order valence-corrected chi connectivity index (χ3v) is 5.74. The van der Waals surface area contributed by atoms with Crippen molar-refractivity contribution >= 4 is 34.7 Å². The summed E-state index contributed by atoms with van der Waals surface area (Å²) < 4.78 is 25.5. The zero-order valence-electron chi connectivity index (χ0n) is 18.8. The van der Waals surface area contributed by atoms with Crippen molar-refractivity contribution in [3.63, 3.8) is 0 Å². The van der Waals surface area contributed by atoms with Crippen LogP contribution in [0.4, 0.5) is 33.2 Å². The van der Waals surface area contributed by atoms with Gasteiger partial charge in [0.2, 0.25) is 11.9 Å². The van der Waals surface area contributed by atoms with Gasteiger partial charge in [-0.25, -0.2) is 9.37 Å². The van der Waals surface area contributed by atoms with E-state index in [0.29, 0.717) is 43.5 Å². The van der Waals surface area contributed by atoms with E-state index in [4.69, 9.17) is 9.47 Å². The van der Waals surface area contributed by atoms with Gasteiger partial charge in [0, 0.05) is 56.2 Å². The van der Waals surface area contributed by atoms with Gasteiger partial charge in [-0.3, -0.25) is 4.79 Å². The molecule has 2 aliphatic rings. The van der Waals surface area contributed by atoms with Crippen LogP contribution in [0.5, 0.6) is 11.5 Å². The highest BCUT2D eigenvalue weighted by Gasteiger charge is 2.19. The minimum absolute atomic E-state index is 0.0469. The smallest absolute Gasteiger partial charge is 0.229 e. The predicted octanol–water partition coefficient (Wildman–Crippen LogP) is 3.54. The molecule has 3 heterocycles. The number of fused-ring (bicyclic) bond motifs is 1. The summed E-state index contributed by atoms with van der Waals surface area (Å²) in [5.41, 5.74) is 2.44. The van der Waals surface area contributed by atoms with Gasteiger partial charge in [0.15, 0.2) is 23.1 Å². The lowest BCUT2D eigenvalue weighted by Gasteiger charge is -2.35. The first-order valence-electron chi connectivity index (χ1n) is 11.1. The minimum atomic E-state index is -0.572. The highest BCUT2D eigenvalue weighted by molar-refractivity contribution is 5.73. The Morgan fingerprint density at radius 3 is 2.53 bits per heavy atom. The Morgan fingerprint density at radius 2 is 1.74 bits per heavy atom. The maximum absolute atomic E-state index is 14.4. The van der Waals surface area contributed by atoms with Gasteiger partial charge in [-0.15, -0.1) is 0 Å². The number of halogens is 1. The fourth-order valence-electron chi connectivity index (χ4n) is 3.96. The molecule has 1 saturated heterocycles. The van der Waals surface area contributed by atoms with Crippen molar-refractivity contribution in [2.24, 2.45) is 0 Å². The number of hydrogen-bond donors (Lipinski definition) is 2. The fourth-order valence-corrected chi connectivity index (χ4v) is 3.96. The van der Waals surface area contributed by atoms with Gasteiger partial charge >= 0.3 is 0 Å². The average Bonchev–Trinajstić information content (AvgIpc) is 2.86. The van der Waals surface area contributed by atoms with E-state index < -0.39 is 5.82 Å². The summed E-state index contributed by atoms with van der Waals surface area (Å²) in [7, 11) is 0. The highest BCUT2D eigenvalue weighted by atomic mass is 19.1. The van der Waals surface area contributed by atoms with Crippen LogP contribution in [0.1, 0.15) is 6.92 Å². The molecule has 0 radical (unpaired) electrons. The van der Waals surface area contributed by atoms with Gasteiger partial charge in [-0.1, -0.05) is 6.07 Å². The van der Waals surface area contributed by atoms with E-state index in [-0.39, 0.29) is 17.7 Å². The molecule has 0 bridgehead atoms. The molecule has 1 amide bonds. The number of amides is 1. The van der Waals surface area contributed by atoms with Crippen molar-refractivity contribution < 1.29 is 18.7 Å². The van der Waals surface area contributed by atoms with Crippen molar-refractivity contribution in [1.82, 2.24) is 14.9 Å². The van der Waals surface area contributed by atoms with Crippen LogP contribution in [0, 0.1) is 5.82 Å². The number of benzene rings is 2. The van der Waals surface area contributed by atoms with Crippen molar-refractivity contribution in [2.75, 3.05) is 54.9 Å². The zero-order chi connectivity index (χ0) is 23.5. The van der Waals surface area contributed by atoms with E-state index in [2.05, 4.69) is 25.5 Å². The fraction of sp³-hybridized carbons (Fsp3) is 0.292. The van der Waals surface area contributed by atoms with E-state index in [1.54, 1.807) is 25.1 Å². The van der Waals surface area contributed by atoms with Crippen LogP contribution in [-0.2, 0) is 4.79 Å². The van der Waals surface area contributed by atoms with Crippen molar-refractivity contribution in [2.45, 2.75) is 6.92 Å². The summed E-state index contributed by atoms with van der Waals surface area (Å²) in [5, 5.41) is 6.13. The number of ether oxygens (including phenoxy) is 2. The lowest BCUT2D eigenvalue weighted by Crippen LogP contribution is -2.48. The molecule has 1 fully saturated rings. The Balaban J connectivity index is 1.29. The summed E-state index contributed by atoms with van der Waals surface area (Å²) in [5.74, 6) is 1.10. The van der Waals surface area contributed by atoms with Crippen LogP contribution in [-0.4, -0.2) is 60.2 Å². The van der Waals surface area contributed by atoms with E-state index in [9.17, 15) is 9.18 Å². The van der Waals surface area contributed by atoms with Crippen LogP contribution in [0.15, 0.2) is 48.7 Å². The summed E-state index contributed by atoms with van der Waals surface area (Å²) in [4.78, 5) is 24.0. The molecule has 9 nitrogen and oxygen atoms in total. The second kappa shape index (κ2) is 9.42. The monoisotopic (exact) mass is 464 g/mol. The Bertz CT molecular complexity index is 1200. The lowest BCUT2D eigenvalue weighted by atomic mass is 10.2. The molecular formula is C24H25FN6O3. The molecule has 2 aliphatic heterocycles. The third kappa shape index (κ3) is 4.80. The summed E-state index contributed by atoms with van der Waals surface area (Å²) >= 11 is 0. The summed E-state index contributed by atoms with van der Waals surface area (Å²) in [6.07, 6.45) is 1.13. The molecule has 0 atom stereocenters. The van der Waals surface area contributed by atoms with Gasteiger partial charge < -0.3 is 29.9 Å². The van der Waals surface area contributed by atoms with Crippen LogP contribution >= 0.6 is 0 Å². The third-order valence-electron chi connectivity index (χ3n) is 5.74. The summed E-state index contributed by atoms with van der Waals surface area (Å²) in [6.45, 7) is 5.49. The van der Waals surface area contributed by atoms with E-state index in [1.165, 1.54) is 0 Å². The lowest BCUT2D eigenvalue weighted by molar-refractivity contribution is -0.129. The van der Waals surface area contributed by atoms with Crippen LogP contribution in [0.25, 0.3) is 0 Å². The van der Waals surface area contributed by atoms with E-state index in [0.717, 1.165) is 30.7 Å². The second-order valence-electron chi connectivity index (χ2n) is 8.04. The average molecular weight is 465 g/mol. The first kappa shape index (κ1) is 21.7. The highest BCUT2D eigenvalue weighted by Crippen LogP contribution is 2.34. The predicted molar refractivity (Wildman–Crippen MR) is 127 cm³/mol. The molecule has 10 heteroatoms. The minimum Gasteiger partial charge on any atom is -0.486 e. The quantitative estimate of drug-likeness (QED) is 0.593. The molecule has 3 aromatic rings. The molecular weight excluding hydrogens is 439 g/mol. The number of piperazine rings is 1. The number of hydrogen-bond acceptors (Lipinski definition) is 8. The molecule has 0 spiro atoms. The molecule has 2 N–H and O–H groups in total. The molecule has 0 aliphatic carbocycles. The van der Waals surface area contributed by atoms with Crippen LogP contribution in [0.3, 0.4) is 0 Å². The molecule has 2 aromatic carbocycles. The SMILES string of the molecule is CC(=O)N1CCN(c2cccc(Nc3ncc(F)c(Nc4ccc5c(c4)OCCO5)n3)c2)CC1. The maximum atomic E-state index is 14.4. The molecule has 34 heavy (non-hydrogen) atoms. The molecule has 176 valence electrons. The van der Waals surface area contributed by atoms with Crippen molar-refractivity contribution in [3.8, 4) is 11.5 Å². The molecule has 5 rings (SSSR count). The standard InChI is InChI=1S/C24H25FN6O3/c1-16(32)30-7-9-31(10-8-30)19-4-2-3-17(13-19)28-24-26-15-20(25)23(29-24)27-18-5-6-21-22(14-18)34-12-11-33-21/h2-6,13-15H,7-12H2,1H3,(H2,26,27,28,29). The largest absolute Gasteiger partial charge is 0.486 e. The summed E-state index contributed by atoms with van der Waals surface area (Å²) in [6, 6.07) is 13.1. The first-order valence-corrected chi connectivity index (χ1v) is 11.1. The number of nitrogens with one attached hydrogen (secondary N) is 2. The molecule has 0 unspecified atom stereocenters. The van der Waals surface area contributed by atoms with Gasteiger partial charge in [0.25, 0.3) is 0 Å². The van der Waals surface area contributed by atoms with Gasteiger partial charge in [0.1, 0.15) is 13.2 Å². The Hall–Kier alpha value is -4.08. The molecule has 0 saturated carbocycles. The van der Waals surface area contributed by atoms with E-state index in [1.807, 2.05) is 29.2 Å². The Labute approximate surface area is 196 Å².